The number of carbonyl (C=O) groups is 1. The topological polar surface area (TPSA) is 67.4 Å². The second kappa shape index (κ2) is 7.44. The summed E-state index contributed by atoms with van der Waals surface area (Å²) in [5.74, 6) is 0.351. The van der Waals surface area contributed by atoms with Crippen LogP contribution in [0.3, 0.4) is 0 Å². The van der Waals surface area contributed by atoms with Gasteiger partial charge < -0.3 is 15.0 Å². The quantitative estimate of drug-likeness (QED) is 0.674. The number of nitrogens with one attached hydrogen (secondary N) is 1. The summed E-state index contributed by atoms with van der Waals surface area (Å²) in [6.07, 6.45) is 2.68. The van der Waals surface area contributed by atoms with Gasteiger partial charge in [-0.25, -0.2) is 14.4 Å². The molecule has 0 saturated heterocycles. The Bertz CT molecular complexity index is 1070. The summed E-state index contributed by atoms with van der Waals surface area (Å²) in [5, 5.41) is 4.06. The molecule has 0 fully saturated rings. The second-order valence-corrected chi connectivity index (χ2v) is 6.53. The molecule has 0 unspecified atom stereocenters. The van der Waals surface area contributed by atoms with Crippen molar-refractivity contribution < 1.29 is 13.9 Å². The predicted molar refractivity (Wildman–Crippen MR) is 106 cm³/mol. The van der Waals surface area contributed by atoms with Gasteiger partial charge in [0.05, 0.1) is 23.1 Å². The average molecular weight is 399 g/mol. The van der Waals surface area contributed by atoms with Crippen LogP contribution in [0.2, 0.25) is 5.02 Å². The molecule has 1 amide bonds. The molecule has 6 nitrogen and oxygen atoms in total. The summed E-state index contributed by atoms with van der Waals surface area (Å²) >= 11 is 6.11. The van der Waals surface area contributed by atoms with E-state index >= 15 is 0 Å². The summed E-state index contributed by atoms with van der Waals surface area (Å²) in [6, 6.07) is 8.10. The van der Waals surface area contributed by atoms with Crippen molar-refractivity contribution in [2.45, 2.75) is 6.54 Å². The standard InChI is InChI=1S/C20H16ClFN4O2/c1-2-17(27)26-8-9-28-19-16(26)7-6-15-18(19)20(25-11-24-15)23-10-12-13(21)4-3-5-14(12)22/h2-7,11H,1,8-10H2,(H,23,24,25). The smallest absolute Gasteiger partial charge is 0.250 e. The molecule has 8 heteroatoms. The van der Waals surface area contributed by atoms with Crippen molar-refractivity contribution in [2.24, 2.45) is 0 Å². The fourth-order valence-electron chi connectivity index (χ4n) is 3.18. The minimum absolute atomic E-state index is 0.136. The highest BCUT2D eigenvalue weighted by Crippen LogP contribution is 2.41. The third kappa shape index (κ3) is 3.14. The molecule has 2 aromatic carbocycles. The first kappa shape index (κ1) is 18.2. The van der Waals surface area contributed by atoms with Crippen LogP contribution in [0.1, 0.15) is 5.56 Å². The highest BCUT2D eigenvalue weighted by molar-refractivity contribution is 6.31. The van der Waals surface area contributed by atoms with Gasteiger partial charge in [0.1, 0.15) is 24.6 Å². The Balaban J connectivity index is 1.77. The van der Waals surface area contributed by atoms with Gasteiger partial charge in [0.15, 0.2) is 5.75 Å². The lowest BCUT2D eigenvalue weighted by Crippen LogP contribution is -2.36. The van der Waals surface area contributed by atoms with Gasteiger partial charge in [-0.05, 0) is 30.3 Å². The molecule has 0 spiro atoms. The van der Waals surface area contributed by atoms with Crippen molar-refractivity contribution >= 4 is 39.9 Å². The Hall–Kier alpha value is -3.19. The van der Waals surface area contributed by atoms with Gasteiger partial charge in [-0.2, -0.15) is 0 Å². The fraction of sp³-hybridized carbons (Fsp3) is 0.150. The summed E-state index contributed by atoms with van der Waals surface area (Å²) < 4.78 is 19.9. The molecule has 0 atom stereocenters. The van der Waals surface area contributed by atoms with E-state index in [1.54, 1.807) is 29.2 Å². The van der Waals surface area contributed by atoms with Gasteiger partial charge in [0.25, 0.3) is 5.91 Å². The van der Waals surface area contributed by atoms with Crippen molar-refractivity contribution in [2.75, 3.05) is 23.4 Å². The first-order valence-corrected chi connectivity index (χ1v) is 8.99. The number of halogens is 2. The van der Waals surface area contributed by atoms with Gasteiger partial charge in [-0.15, -0.1) is 0 Å². The summed E-state index contributed by atoms with van der Waals surface area (Å²) in [7, 11) is 0. The number of carbonyl (C=O) groups excluding carboxylic acids is 1. The largest absolute Gasteiger partial charge is 0.489 e. The van der Waals surface area contributed by atoms with Crippen LogP contribution in [0.5, 0.6) is 5.75 Å². The minimum Gasteiger partial charge on any atom is -0.489 e. The van der Waals surface area contributed by atoms with Gasteiger partial charge in [-0.3, -0.25) is 4.79 Å². The lowest BCUT2D eigenvalue weighted by Gasteiger charge is -2.29. The molecule has 1 aliphatic rings. The number of benzene rings is 2. The van der Waals surface area contributed by atoms with Crippen molar-refractivity contribution in [1.82, 2.24) is 9.97 Å². The SMILES string of the molecule is C=CC(=O)N1CCOc2c1ccc1ncnc(NCc3c(F)cccc3Cl)c21. The molecule has 142 valence electrons. The van der Waals surface area contributed by atoms with Crippen molar-refractivity contribution in [3.63, 3.8) is 0 Å². The molecular formula is C20H16ClFN4O2. The zero-order chi connectivity index (χ0) is 19.7. The van der Waals surface area contributed by atoms with Crippen LogP contribution in [-0.2, 0) is 11.3 Å². The molecule has 1 aromatic heterocycles. The number of nitrogens with zero attached hydrogens (tertiary/aromatic N) is 3. The van der Waals surface area contributed by atoms with Crippen molar-refractivity contribution in [3.05, 3.63) is 65.7 Å². The van der Waals surface area contributed by atoms with E-state index in [-0.39, 0.29) is 12.5 Å². The lowest BCUT2D eigenvalue weighted by molar-refractivity contribution is -0.114. The van der Waals surface area contributed by atoms with Gasteiger partial charge in [0.2, 0.25) is 0 Å². The number of aromatic nitrogens is 2. The Morgan fingerprint density at radius 2 is 2.21 bits per heavy atom. The maximum absolute atomic E-state index is 14.1. The van der Waals surface area contributed by atoms with E-state index in [1.807, 2.05) is 0 Å². The van der Waals surface area contributed by atoms with Crippen LogP contribution in [0.25, 0.3) is 10.9 Å². The maximum Gasteiger partial charge on any atom is 0.250 e. The van der Waals surface area contributed by atoms with Crippen molar-refractivity contribution in [3.8, 4) is 5.75 Å². The fourth-order valence-corrected chi connectivity index (χ4v) is 3.41. The van der Waals surface area contributed by atoms with Crippen LogP contribution in [0, 0.1) is 5.82 Å². The predicted octanol–water partition coefficient (Wildman–Crippen LogP) is 3.95. The van der Waals surface area contributed by atoms with Crippen LogP contribution in [0.15, 0.2) is 49.3 Å². The number of hydrogen-bond acceptors (Lipinski definition) is 5. The number of rotatable bonds is 4. The third-order valence-corrected chi connectivity index (χ3v) is 4.88. The zero-order valence-corrected chi connectivity index (χ0v) is 15.5. The Morgan fingerprint density at radius 3 is 3.00 bits per heavy atom. The molecule has 1 N–H and O–H groups in total. The molecular weight excluding hydrogens is 383 g/mol. The monoisotopic (exact) mass is 398 g/mol. The Labute approximate surface area is 165 Å². The van der Waals surface area contributed by atoms with E-state index in [0.717, 1.165) is 0 Å². The number of amides is 1. The Kier molecular flexibility index (Phi) is 4.83. The normalized spacial score (nSPS) is 13.0. The highest BCUT2D eigenvalue weighted by atomic mass is 35.5. The third-order valence-electron chi connectivity index (χ3n) is 4.52. The van der Waals surface area contributed by atoms with E-state index in [9.17, 15) is 9.18 Å². The molecule has 3 aromatic rings. The number of ether oxygens (including phenoxy) is 1. The van der Waals surface area contributed by atoms with Crippen LogP contribution in [-0.4, -0.2) is 29.0 Å². The van der Waals surface area contributed by atoms with E-state index in [4.69, 9.17) is 16.3 Å². The molecule has 1 aliphatic heterocycles. The summed E-state index contributed by atoms with van der Waals surface area (Å²) in [4.78, 5) is 22.3. The van der Waals surface area contributed by atoms with Gasteiger partial charge in [-0.1, -0.05) is 24.2 Å². The van der Waals surface area contributed by atoms with E-state index in [1.165, 1.54) is 18.5 Å². The lowest BCUT2D eigenvalue weighted by atomic mass is 10.1. The maximum atomic E-state index is 14.1. The molecule has 0 radical (unpaired) electrons. The molecule has 0 saturated carbocycles. The van der Waals surface area contributed by atoms with Crippen LogP contribution < -0.4 is 15.0 Å². The average Bonchev–Trinajstić information content (AvgIpc) is 2.72. The molecule has 2 heterocycles. The van der Waals surface area contributed by atoms with E-state index < -0.39 is 5.82 Å². The second-order valence-electron chi connectivity index (χ2n) is 6.13. The Morgan fingerprint density at radius 1 is 1.36 bits per heavy atom. The molecule has 0 bridgehead atoms. The number of fused-ring (bicyclic) bond motifs is 3. The first-order chi connectivity index (χ1) is 13.6. The van der Waals surface area contributed by atoms with E-state index in [2.05, 4.69) is 21.9 Å². The number of hydrogen-bond donors (Lipinski definition) is 1. The van der Waals surface area contributed by atoms with Gasteiger partial charge >= 0.3 is 0 Å². The molecule has 0 aliphatic carbocycles. The molecule has 4 rings (SSSR count). The first-order valence-electron chi connectivity index (χ1n) is 8.61. The van der Waals surface area contributed by atoms with Gasteiger partial charge in [0, 0.05) is 17.1 Å². The summed E-state index contributed by atoms with van der Waals surface area (Å²) in [5.41, 5.74) is 1.60. The minimum atomic E-state index is -0.403. The van der Waals surface area contributed by atoms with E-state index in [0.29, 0.717) is 51.9 Å². The summed E-state index contributed by atoms with van der Waals surface area (Å²) in [6.45, 7) is 4.44. The number of anilines is 2. The highest BCUT2D eigenvalue weighted by Gasteiger charge is 2.25. The van der Waals surface area contributed by atoms with Crippen molar-refractivity contribution in [1.29, 1.82) is 0 Å². The zero-order valence-electron chi connectivity index (χ0n) is 14.8. The molecule has 28 heavy (non-hydrogen) atoms. The van der Waals surface area contributed by atoms with Crippen LogP contribution in [0.4, 0.5) is 15.9 Å². The van der Waals surface area contributed by atoms with Crippen LogP contribution >= 0.6 is 11.6 Å².